The molecule has 0 aliphatic carbocycles. The lowest BCUT2D eigenvalue weighted by Crippen LogP contribution is -2.40. The first-order chi connectivity index (χ1) is 13.0. The second-order valence-electron chi connectivity index (χ2n) is 5.01. The molecule has 0 spiro atoms. The average molecular weight is 430 g/mol. The van der Waals surface area contributed by atoms with Crippen LogP contribution in [0.25, 0.3) is 0 Å². The minimum Gasteiger partial charge on any atom is -0.475 e. The van der Waals surface area contributed by atoms with Crippen LogP contribution >= 0.6 is 7.60 Å². The zero-order valence-corrected chi connectivity index (χ0v) is 16.6. The molecule has 0 aliphatic heterocycles. The molecular weight excluding hydrogens is 406 g/mol. The van der Waals surface area contributed by atoms with Gasteiger partial charge in [0.15, 0.2) is 12.7 Å². The molecule has 1 amide bonds. The average Bonchev–Trinajstić information content (AvgIpc) is 2.61. The molecule has 1 aromatic heterocycles. The highest BCUT2D eigenvalue weighted by Gasteiger charge is 2.38. The number of alkyl halides is 3. The van der Waals surface area contributed by atoms with Gasteiger partial charge >= 0.3 is 19.7 Å². The topological polar surface area (TPSA) is 119 Å². The number of carboxylic acids is 1. The van der Waals surface area contributed by atoms with Crippen LogP contribution < -0.4 is 10.00 Å². The fraction of sp³-hybridized carbons (Fsp3) is 0.600. The van der Waals surface area contributed by atoms with Gasteiger partial charge in [0, 0.05) is 12.6 Å². The third-order valence-electron chi connectivity index (χ3n) is 2.87. The maximum atomic E-state index is 12.3. The highest BCUT2D eigenvalue weighted by Crippen LogP contribution is 2.47. The van der Waals surface area contributed by atoms with Gasteiger partial charge in [-0.05, 0) is 25.9 Å². The number of nitrogens with zero attached hydrogens (tertiary/aromatic N) is 2. The molecule has 0 atom stereocenters. The molecule has 160 valence electrons. The Morgan fingerprint density at radius 1 is 1.25 bits per heavy atom. The van der Waals surface area contributed by atoms with E-state index in [0.717, 1.165) is 0 Å². The van der Waals surface area contributed by atoms with Gasteiger partial charge in [0.05, 0.1) is 18.8 Å². The standard InChI is InChI=1S/C13H22N3O4P.C2HF3O2/c1-4-14-13(17)12-7-8-16(15-11-12)9-10-21(18,19-5-2)20-6-3;3-2(4,5)1(6)7/h7-8,11H,4-6,9-10H2,1-3H3;(H,6,7)/p+1. The summed E-state index contributed by atoms with van der Waals surface area (Å²) < 4.78 is 56.1. The highest BCUT2D eigenvalue weighted by atomic mass is 31.2. The molecule has 0 saturated carbocycles. The van der Waals surface area contributed by atoms with Crippen molar-refractivity contribution in [2.24, 2.45) is 0 Å². The van der Waals surface area contributed by atoms with Crippen LogP contribution in [0.5, 0.6) is 0 Å². The Bertz CT molecular complexity index is 660. The van der Waals surface area contributed by atoms with Gasteiger partial charge in [-0.15, -0.1) is 0 Å². The van der Waals surface area contributed by atoms with Crippen molar-refractivity contribution in [1.29, 1.82) is 0 Å². The summed E-state index contributed by atoms with van der Waals surface area (Å²) in [6, 6.07) is 1.67. The maximum Gasteiger partial charge on any atom is 0.490 e. The van der Waals surface area contributed by atoms with Crippen LogP contribution in [0.1, 0.15) is 31.1 Å². The van der Waals surface area contributed by atoms with E-state index in [2.05, 4.69) is 10.4 Å². The molecule has 2 N–H and O–H groups in total. The molecule has 1 rings (SSSR count). The number of nitrogens with one attached hydrogen (secondary N) is 1. The number of carbonyl (C=O) groups is 2. The van der Waals surface area contributed by atoms with Crippen molar-refractivity contribution >= 4 is 19.5 Å². The van der Waals surface area contributed by atoms with Crippen molar-refractivity contribution in [3.8, 4) is 0 Å². The largest absolute Gasteiger partial charge is 0.490 e. The first-order valence-electron chi connectivity index (χ1n) is 8.31. The molecule has 9 nitrogen and oxygen atoms in total. The normalized spacial score (nSPS) is 11.4. The minimum atomic E-state index is -5.08. The summed E-state index contributed by atoms with van der Waals surface area (Å²) >= 11 is 0. The van der Waals surface area contributed by atoms with Gasteiger partial charge in [-0.3, -0.25) is 9.36 Å². The van der Waals surface area contributed by atoms with E-state index in [4.69, 9.17) is 18.9 Å². The lowest BCUT2D eigenvalue weighted by Gasteiger charge is -2.14. The van der Waals surface area contributed by atoms with Crippen molar-refractivity contribution in [1.82, 2.24) is 10.4 Å². The lowest BCUT2D eigenvalue weighted by atomic mass is 10.3. The van der Waals surface area contributed by atoms with Crippen LogP contribution in [0.4, 0.5) is 13.2 Å². The SMILES string of the molecule is CCNC(=O)c1cc[n+](CCP(=O)(OCC)OCC)nc1.O=C(O)C(F)(F)F. The third-order valence-corrected chi connectivity index (χ3v) is 4.92. The van der Waals surface area contributed by atoms with E-state index in [1.165, 1.54) is 6.20 Å². The number of carbonyl (C=O) groups excluding carboxylic acids is 1. The number of rotatable bonds is 9. The van der Waals surface area contributed by atoms with Crippen LogP contribution in [-0.2, 0) is 25.0 Å². The first-order valence-corrected chi connectivity index (χ1v) is 10.0. The number of aliphatic carboxylic acids is 1. The minimum absolute atomic E-state index is 0.161. The third kappa shape index (κ3) is 10.3. The predicted molar refractivity (Wildman–Crippen MR) is 91.9 cm³/mol. The van der Waals surface area contributed by atoms with Crippen LogP contribution in [0, 0.1) is 0 Å². The van der Waals surface area contributed by atoms with Crippen molar-refractivity contribution < 1.29 is 46.2 Å². The van der Waals surface area contributed by atoms with E-state index in [1.54, 1.807) is 30.8 Å². The van der Waals surface area contributed by atoms with E-state index < -0.39 is 19.7 Å². The van der Waals surface area contributed by atoms with Gasteiger partial charge in [0.2, 0.25) is 0 Å². The summed E-state index contributed by atoms with van der Waals surface area (Å²) in [6.45, 7) is 7.05. The Hall–Kier alpha value is -2.04. The predicted octanol–water partition coefficient (Wildman–Crippen LogP) is 2.02. The second kappa shape index (κ2) is 12.4. The zero-order chi connectivity index (χ0) is 21.8. The lowest BCUT2D eigenvalue weighted by molar-refractivity contribution is -0.750. The molecular formula is C15H24F3N3O6P+. The van der Waals surface area contributed by atoms with Crippen LogP contribution in [0.2, 0.25) is 0 Å². The van der Waals surface area contributed by atoms with E-state index >= 15 is 0 Å². The Morgan fingerprint density at radius 2 is 1.79 bits per heavy atom. The number of hydrogen-bond donors (Lipinski definition) is 2. The van der Waals surface area contributed by atoms with Gasteiger partial charge in [0.25, 0.3) is 5.91 Å². The summed E-state index contributed by atoms with van der Waals surface area (Å²) in [4.78, 5) is 20.5. The van der Waals surface area contributed by atoms with E-state index in [-0.39, 0.29) is 12.1 Å². The molecule has 1 heterocycles. The first kappa shape index (κ1) is 26.0. The van der Waals surface area contributed by atoms with Crippen LogP contribution in [-0.4, -0.2) is 54.2 Å². The summed E-state index contributed by atoms with van der Waals surface area (Å²) in [5.41, 5.74) is 0.492. The highest BCUT2D eigenvalue weighted by molar-refractivity contribution is 7.53. The second-order valence-corrected chi connectivity index (χ2v) is 7.20. The molecule has 0 radical (unpaired) electrons. The van der Waals surface area contributed by atoms with Crippen LogP contribution in [0.15, 0.2) is 18.5 Å². The fourth-order valence-corrected chi connectivity index (χ4v) is 3.27. The summed E-state index contributed by atoms with van der Waals surface area (Å²) in [6.07, 6.45) is -1.68. The van der Waals surface area contributed by atoms with Gasteiger partial charge in [-0.25, -0.2) is 4.79 Å². The summed E-state index contributed by atoms with van der Waals surface area (Å²) in [5.74, 6) is -2.92. The maximum absolute atomic E-state index is 12.3. The molecule has 0 unspecified atom stereocenters. The van der Waals surface area contributed by atoms with Crippen LogP contribution in [0.3, 0.4) is 0 Å². The molecule has 1 aromatic rings. The van der Waals surface area contributed by atoms with E-state index in [9.17, 15) is 22.5 Å². The quantitative estimate of drug-likeness (QED) is 0.454. The van der Waals surface area contributed by atoms with E-state index in [0.29, 0.717) is 31.9 Å². The smallest absolute Gasteiger partial charge is 0.475 e. The van der Waals surface area contributed by atoms with Gasteiger partial charge < -0.3 is 19.5 Å². The van der Waals surface area contributed by atoms with Gasteiger partial charge in [-0.2, -0.15) is 13.2 Å². The monoisotopic (exact) mass is 430 g/mol. The number of carboxylic acid groups (broad SMARTS) is 1. The van der Waals surface area contributed by atoms with Crippen molar-refractivity contribution in [3.63, 3.8) is 0 Å². The molecule has 0 saturated heterocycles. The van der Waals surface area contributed by atoms with Gasteiger partial charge in [0.1, 0.15) is 12.4 Å². The Balaban J connectivity index is 0.000000887. The van der Waals surface area contributed by atoms with Crippen molar-refractivity contribution in [2.75, 3.05) is 25.9 Å². The summed E-state index contributed by atoms with van der Waals surface area (Å²) in [5, 5.41) is 14.0. The number of halogens is 3. The number of amides is 1. The number of hydrogen-bond acceptors (Lipinski definition) is 6. The zero-order valence-electron chi connectivity index (χ0n) is 15.7. The molecule has 13 heteroatoms. The van der Waals surface area contributed by atoms with Crippen molar-refractivity contribution in [3.05, 3.63) is 24.0 Å². The van der Waals surface area contributed by atoms with E-state index in [1.807, 2.05) is 6.92 Å². The van der Waals surface area contributed by atoms with Crippen molar-refractivity contribution in [2.45, 2.75) is 33.5 Å². The number of aromatic nitrogens is 2. The van der Waals surface area contributed by atoms with Gasteiger partial charge in [-0.1, -0.05) is 4.68 Å². The Kier molecular flexibility index (Phi) is 11.5. The Labute approximate surface area is 160 Å². The molecule has 0 aromatic carbocycles. The number of aryl methyl sites for hydroxylation is 1. The summed E-state index contributed by atoms with van der Waals surface area (Å²) in [7, 11) is -3.07. The molecule has 0 bridgehead atoms. The Morgan fingerprint density at radius 3 is 2.14 bits per heavy atom. The fourth-order valence-electron chi connectivity index (χ4n) is 1.70. The molecule has 0 fully saturated rings. The molecule has 28 heavy (non-hydrogen) atoms. The molecule has 0 aliphatic rings.